The van der Waals surface area contributed by atoms with Gasteiger partial charge in [0, 0.05) is 19.1 Å². The number of nitrogens with one attached hydrogen (secondary N) is 1. The van der Waals surface area contributed by atoms with Crippen molar-refractivity contribution in [3.05, 3.63) is 0 Å². The molecular formula is C12H24N2O. The second-order valence-electron chi connectivity index (χ2n) is 4.62. The summed E-state index contributed by atoms with van der Waals surface area (Å²) in [6, 6.07) is 0.933. The zero-order valence-electron chi connectivity index (χ0n) is 10.3. The van der Waals surface area contributed by atoms with Gasteiger partial charge in [-0.25, -0.2) is 0 Å². The van der Waals surface area contributed by atoms with Crippen molar-refractivity contribution in [2.75, 3.05) is 13.6 Å². The van der Waals surface area contributed by atoms with Gasteiger partial charge in [0.1, 0.15) is 0 Å². The molecule has 88 valence electrons. The van der Waals surface area contributed by atoms with E-state index in [2.05, 4.69) is 19.2 Å². The summed E-state index contributed by atoms with van der Waals surface area (Å²) in [5.41, 5.74) is 0. The van der Waals surface area contributed by atoms with E-state index in [1.807, 2.05) is 11.9 Å². The number of amides is 1. The van der Waals surface area contributed by atoms with Crippen molar-refractivity contribution in [3.8, 4) is 0 Å². The summed E-state index contributed by atoms with van der Waals surface area (Å²) in [5, 5.41) is 3.35. The molecule has 1 N–H and O–H groups in total. The Morgan fingerprint density at radius 2 is 2.07 bits per heavy atom. The van der Waals surface area contributed by atoms with Crippen molar-refractivity contribution < 1.29 is 4.79 Å². The van der Waals surface area contributed by atoms with Gasteiger partial charge in [-0.2, -0.15) is 0 Å². The second kappa shape index (κ2) is 6.11. The molecule has 0 aromatic heterocycles. The summed E-state index contributed by atoms with van der Waals surface area (Å²) < 4.78 is 0. The minimum atomic E-state index is 0.219. The molecule has 0 bridgehead atoms. The normalized spacial score (nSPS) is 19.1. The summed E-state index contributed by atoms with van der Waals surface area (Å²) in [7, 11) is 1.90. The molecule has 0 saturated heterocycles. The second-order valence-corrected chi connectivity index (χ2v) is 4.62. The van der Waals surface area contributed by atoms with Crippen molar-refractivity contribution in [2.45, 2.75) is 58.0 Å². The lowest BCUT2D eigenvalue weighted by molar-refractivity contribution is -0.130. The SMILES string of the molecule is CCC(C)N(C)C(=O)CNC1CCCC1. The Balaban J connectivity index is 2.22. The lowest BCUT2D eigenvalue weighted by Gasteiger charge is -2.24. The molecule has 0 aromatic rings. The number of carbonyl (C=O) groups excluding carboxylic acids is 1. The summed E-state index contributed by atoms with van der Waals surface area (Å²) in [5.74, 6) is 0.219. The van der Waals surface area contributed by atoms with Crippen molar-refractivity contribution >= 4 is 5.91 Å². The van der Waals surface area contributed by atoms with Crippen LogP contribution in [0.1, 0.15) is 46.0 Å². The molecule has 0 heterocycles. The molecule has 0 aromatic carbocycles. The zero-order valence-corrected chi connectivity index (χ0v) is 10.3. The van der Waals surface area contributed by atoms with Crippen molar-refractivity contribution in [1.82, 2.24) is 10.2 Å². The molecule has 1 fully saturated rings. The maximum atomic E-state index is 11.8. The molecule has 0 aliphatic heterocycles. The first-order valence-electron chi connectivity index (χ1n) is 6.14. The van der Waals surface area contributed by atoms with E-state index in [1.165, 1.54) is 25.7 Å². The summed E-state index contributed by atoms with van der Waals surface area (Å²) in [6.45, 7) is 4.71. The van der Waals surface area contributed by atoms with Gasteiger partial charge in [0.05, 0.1) is 6.54 Å². The first kappa shape index (κ1) is 12.5. The highest BCUT2D eigenvalue weighted by atomic mass is 16.2. The van der Waals surface area contributed by atoms with Crippen LogP contribution in [0.3, 0.4) is 0 Å². The topological polar surface area (TPSA) is 32.3 Å². The van der Waals surface area contributed by atoms with E-state index in [9.17, 15) is 4.79 Å². The maximum absolute atomic E-state index is 11.8. The third-order valence-corrected chi connectivity index (χ3v) is 3.54. The standard InChI is InChI=1S/C12H24N2O/c1-4-10(2)14(3)12(15)9-13-11-7-5-6-8-11/h10-11,13H,4-9H2,1-3H3. The monoisotopic (exact) mass is 212 g/mol. The third-order valence-electron chi connectivity index (χ3n) is 3.54. The van der Waals surface area contributed by atoms with E-state index in [4.69, 9.17) is 0 Å². The molecule has 3 nitrogen and oxygen atoms in total. The molecule has 0 radical (unpaired) electrons. The van der Waals surface area contributed by atoms with Crippen molar-refractivity contribution in [2.24, 2.45) is 0 Å². The fourth-order valence-corrected chi connectivity index (χ4v) is 2.01. The van der Waals surface area contributed by atoms with Crippen LogP contribution in [0.25, 0.3) is 0 Å². The molecule has 15 heavy (non-hydrogen) atoms. The van der Waals surface area contributed by atoms with E-state index >= 15 is 0 Å². The largest absolute Gasteiger partial charge is 0.342 e. The predicted octanol–water partition coefficient (Wildman–Crippen LogP) is 1.78. The average Bonchev–Trinajstić information content (AvgIpc) is 2.76. The van der Waals surface area contributed by atoms with Gasteiger partial charge in [-0.1, -0.05) is 19.8 Å². The number of hydrogen-bond acceptors (Lipinski definition) is 2. The van der Waals surface area contributed by atoms with E-state index in [0.717, 1.165) is 6.42 Å². The Labute approximate surface area is 93.2 Å². The summed E-state index contributed by atoms with van der Waals surface area (Å²) in [4.78, 5) is 13.6. The highest BCUT2D eigenvalue weighted by molar-refractivity contribution is 5.78. The lowest BCUT2D eigenvalue weighted by atomic mass is 10.2. The van der Waals surface area contributed by atoms with E-state index < -0.39 is 0 Å². The van der Waals surface area contributed by atoms with Crippen molar-refractivity contribution in [1.29, 1.82) is 0 Å². The van der Waals surface area contributed by atoms with E-state index in [-0.39, 0.29) is 5.91 Å². The lowest BCUT2D eigenvalue weighted by Crippen LogP contribution is -2.42. The van der Waals surface area contributed by atoms with Crippen LogP contribution in [0.4, 0.5) is 0 Å². The number of hydrogen-bond donors (Lipinski definition) is 1. The average molecular weight is 212 g/mol. The van der Waals surface area contributed by atoms with Crippen LogP contribution in [-0.4, -0.2) is 36.5 Å². The van der Waals surface area contributed by atoms with Crippen LogP contribution in [0.5, 0.6) is 0 Å². The van der Waals surface area contributed by atoms with Gasteiger partial charge in [0.2, 0.25) is 5.91 Å². The van der Waals surface area contributed by atoms with Gasteiger partial charge in [0.25, 0.3) is 0 Å². The number of nitrogens with zero attached hydrogens (tertiary/aromatic N) is 1. The zero-order chi connectivity index (χ0) is 11.3. The fraction of sp³-hybridized carbons (Fsp3) is 0.917. The van der Waals surface area contributed by atoms with Gasteiger partial charge in [-0.05, 0) is 26.2 Å². The minimum absolute atomic E-state index is 0.219. The van der Waals surface area contributed by atoms with Gasteiger partial charge in [-0.15, -0.1) is 0 Å². The Hall–Kier alpha value is -0.570. The van der Waals surface area contributed by atoms with Gasteiger partial charge >= 0.3 is 0 Å². The van der Waals surface area contributed by atoms with Gasteiger partial charge < -0.3 is 10.2 Å². The van der Waals surface area contributed by atoms with Crippen LogP contribution in [-0.2, 0) is 4.79 Å². The van der Waals surface area contributed by atoms with Crippen LogP contribution in [0, 0.1) is 0 Å². The van der Waals surface area contributed by atoms with E-state index in [0.29, 0.717) is 18.6 Å². The maximum Gasteiger partial charge on any atom is 0.236 e. The van der Waals surface area contributed by atoms with Gasteiger partial charge in [-0.3, -0.25) is 4.79 Å². The smallest absolute Gasteiger partial charge is 0.236 e. The fourth-order valence-electron chi connectivity index (χ4n) is 2.01. The molecule has 1 rings (SSSR count). The molecule has 1 atom stereocenters. The Morgan fingerprint density at radius 1 is 1.47 bits per heavy atom. The van der Waals surface area contributed by atoms with Gasteiger partial charge in [0.15, 0.2) is 0 Å². The predicted molar refractivity (Wildman–Crippen MR) is 62.8 cm³/mol. The Morgan fingerprint density at radius 3 is 2.60 bits per heavy atom. The first-order valence-corrected chi connectivity index (χ1v) is 6.14. The molecule has 1 aliphatic carbocycles. The molecule has 0 spiro atoms. The van der Waals surface area contributed by atoms with E-state index in [1.54, 1.807) is 0 Å². The highest BCUT2D eigenvalue weighted by Gasteiger charge is 2.18. The Kier molecular flexibility index (Phi) is 5.09. The summed E-state index contributed by atoms with van der Waals surface area (Å²) in [6.07, 6.45) is 6.12. The number of likely N-dealkylation sites (N-methyl/N-ethyl adjacent to an activating group) is 1. The van der Waals surface area contributed by atoms with Crippen LogP contribution in [0.15, 0.2) is 0 Å². The van der Waals surface area contributed by atoms with Crippen LogP contribution < -0.4 is 5.32 Å². The van der Waals surface area contributed by atoms with Crippen molar-refractivity contribution in [3.63, 3.8) is 0 Å². The Bertz CT molecular complexity index is 200. The quantitative estimate of drug-likeness (QED) is 0.753. The molecule has 1 aliphatic rings. The highest BCUT2D eigenvalue weighted by Crippen LogP contribution is 2.17. The first-order chi connectivity index (χ1) is 7.15. The molecule has 1 amide bonds. The van der Waals surface area contributed by atoms with Crippen LogP contribution in [0.2, 0.25) is 0 Å². The third kappa shape index (κ3) is 3.82. The van der Waals surface area contributed by atoms with Crippen LogP contribution >= 0.6 is 0 Å². The summed E-state index contributed by atoms with van der Waals surface area (Å²) >= 11 is 0. The molecular weight excluding hydrogens is 188 g/mol. The minimum Gasteiger partial charge on any atom is -0.342 e. The number of rotatable bonds is 5. The molecule has 1 saturated carbocycles. The number of carbonyl (C=O) groups is 1. The molecule has 1 unspecified atom stereocenters. The molecule has 3 heteroatoms.